The molecule has 2 N–H and O–H groups in total. The fraction of sp³-hybridized carbons (Fsp3) is 0.100. The summed E-state index contributed by atoms with van der Waals surface area (Å²) >= 11 is 5.95. The lowest BCUT2D eigenvalue weighted by atomic mass is 10.1. The van der Waals surface area contributed by atoms with Crippen molar-refractivity contribution < 1.29 is 9.47 Å². The van der Waals surface area contributed by atoms with Gasteiger partial charge >= 0.3 is 0 Å². The first-order chi connectivity index (χ1) is 14.2. The summed E-state index contributed by atoms with van der Waals surface area (Å²) in [4.78, 5) is 13.2. The maximum Gasteiger partial charge on any atom is 0.249 e. The second kappa shape index (κ2) is 7.40. The van der Waals surface area contributed by atoms with E-state index in [4.69, 9.17) is 21.1 Å². The van der Waals surface area contributed by atoms with Crippen LogP contribution in [0.15, 0.2) is 54.7 Å². The van der Waals surface area contributed by atoms with Crippen LogP contribution in [-0.4, -0.2) is 38.4 Å². The van der Waals surface area contributed by atoms with Gasteiger partial charge in [0, 0.05) is 22.3 Å². The van der Waals surface area contributed by atoms with Crippen LogP contribution in [-0.2, 0) is 0 Å². The minimum absolute atomic E-state index is 0.364. The van der Waals surface area contributed by atoms with E-state index < -0.39 is 0 Å². The molecule has 1 aliphatic rings. The Bertz CT molecular complexity index is 1160. The van der Waals surface area contributed by atoms with E-state index in [1.807, 2.05) is 48.5 Å². The molecule has 0 aliphatic carbocycles. The summed E-state index contributed by atoms with van der Waals surface area (Å²) in [5.41, 5.74) is 2.54. The Kier molecular flexibility index (Phi) is 4.45. The van der Waals surface area contributed by atoms with Crippen molar-refractivity contribution in [2.24, 2.45) is 0 Å². The second-order valence-electron chi connectivity index (χ2n) is 6.26. The number of hydrogen-bond donors (Lipinski definition) is 2. The standard InChI is InChI=1S/C20H15ClN6O2/c21-14-4-1-12(2-5-14)15-7-8-22-19(23-15)25-20-24-18(26-27-20)13-3-6-16-17(11-13)29-10-9-28-16/h1-8,11H,9-10H2,(H2,22,23,24,25,26,27). The quantitative estimate of drug-likeness (QED) is 0.526. The van der Waals surface area contributed by atoms with Gasteiger partial charge in [0.1, 0.15) is 13.2 Å². The molecule has 0 saturated carbocycles. The molecule has 144 valence electrons. The van der Waals surface area contributed by atoms with E-state index >= 15 is 0 Å². The Labute approximate surface area is 170 Å². The van der Waals surface area contributed by atoms with Crippen molar-refractivity contribution in [3.63, 3.8) is 0 Å². The first-order valence-electron chi connectivity index (χ1n) is 8.93. The van der Waals surface area contributed by atoms with Gasteiger partial charge in [-0.25, -0.2) is 9.97 Å². The number of rotatable bonds is 4. The molecule has 5 rings (SSSR count). The third kappa shape index (κ3) is 3.70. The van der Waals surface area contributed by atoms with Gasteiger partial charge in [-0.15, -0.1) is 5.10 Å². The number of nitrogens with zero attached hydrogens (tertiary/aromatic N) is 4. The van der Waals surface area contributed by atoms with Gasteiger partial charge in [-0.3, -0.25) is 10.4 Å². The van der Waals surface area contributed by atoms with Gasteiger partial charge in [0.25, 0.3) is 0 Å². The lowest BCUT2D eigenvalue weighted by Crippen LogP contribution is -2.15. The molecule has 4 aromatic rings. The zero-order valence-electron chi connectivity index (χ0n) is 15.1. The number of anilines is 2. The van der Waals surface area contributed by atoms with E-state index in [-0.39, 0.29) is 0 Å². The highest BCUT2D eigenvalue weighted by atomic mass is 35.5. The molecule has 0 unspecified atom stereocenters. The summed E-state index contributed by atoms with van der Waals surface area (Å²) in [5, 5.41) is 10.8. The molecule has 0 amide bonds. The first-order valence-corrected chi connectivity index (χ1v) is 9.31. The van der Waals surface area contributed by atoms with Crippen molar-refractivity contribution >= 4 is 23.5 Å². The zero-order valence-corrected chi connectivity index (χ0v) is 15.8. The average molecular weight is 407 g/mol. The zero-order chi connectivity index (χ0) is 19.6. The van der Waals surface area contributed by atoms with E-state index in [1.165, 1.54) is 0 Å². The number of benzene rings is 2. The van der Waals surface area contributed by atoms with Gasteiger partial charge in [-0.05, 0) is 36.4 Å². The molecule has 3 heterocycles. The number of H-pyrrole nitrogens is 1. The Morgan fingerprint density at radius 2 is 1.66 bits per heavy atom. The third-order valence-electron chi connectivity index (χ3n) is 4.32. The molecule has 0 saturated heterocycles. The number of aromatic nitrogens is 5. The minimum atomic E-state index is 0.364. The Morgan fingerprint density at radius 1 is 0.862 bits per heavy atom. The molecule has 0 bridgehead atoms. The number of hydrogen-bond acceptors (Lipinski definition) is 7. The molecule has 0 atom stereocenters. The number of ether oxygens (including phenoxy) is 2. The lowest BCUT2D eigenvalue weighted by Gasteiger charge is -2.18. The summed E-state index contributed by atoms with van der Waals surface area (Å²) in [5.74, 6) is 2.77. The van der Waals surface area contributed by atoms with Crippen LogP contribution < -0.4 is 14.8 Å². The van der Waals surface area contributed by atoms with Crippen LogP contribution in [0.5, 0.6) is 11.5 Å². The van der Waals surface area contributed by atoms with Crippen LogP contribution in [0.2, 0.25) is 5.02 Å². The molecule has 1 aliphatic heterocycles. The minimum Gasteiger partial charge on any atom is -0.486 e. The van der Waals surface area contributed by atoms with Crippen molar-refractivity contribution in [1.29, 1.82) is 0 Å². The smallest absolute Gasteiger partial charge is 0.249 e. The van der Waals surface area contributed by atoms with E-state index in [9.17, 15) is 0 Å². The molecule has 0 fully saturated rings. The van der Waals surface area contributed by atoms with Crippen molar-refractivity contribution in [3.8, 4) is 34.1 Å². The fourth-order valence-corrected chi connectivity index (χ4v) is 3.06. The fourth-order valence-electron chi connectivity index (χ4n) is 2.94. The van der Waals surface area contributed by atoms with Crippen molar-refractivity contribution in [3.05, 3.63) is 59.8 Å². The highest BCUT2D eigenvalue weighted by Gasteiger charge is 2.14. The largest absolute Gasteiger partial charge is 0.486 e. The van der Waals surface area contributed by atoms with Crippen LogP contribution >= 0.6 is 11.6 Å². The van der Waals surface area contributed by atoms with Crippen LogP contribution in [0.25, 0.3) is 22.6 Å². The monoisotopic (exact) mass is 406 g/mol. The van der Waals surface area contributed by atoms with Gasteiger partial charge in [-0.1, -0.05) is 23.7 Å². The molecule has 0 spiro atoms. The number of fused-ring (bicyclic) bond motifs is 1. The van der Waals surface area contributed by atoms with Crippen LogP contribution in [0.3, 0.4) is 0 Å². The van der Waals surface area contributed by atoms with Crippen molar-refractivity contribution in [2.75, 3.05) is 18.5 Å². The Morgan fingerprint density at radius 3 is 2.52 bits per heavy atom. The van der Waals surface area contributed by atoms with Crippen molar-refractivity contribution in [2.45, 2.75) is 0 Å². The summed E-state index contributed by atoms with van der Waals surface area (Å²) in [7, 11) is 0. The first kappa shape index (κ1) is 17.4. The molecule has 29 heavy (non-hydrogen) atoms. The van der Waals surface area contributed by atoms with E-state index in [0.29, 0.717) is 41.7 Å². The van der Waals surface area contributed by atoms with E-state index in [0.717, 1.165) is 22.6 Å². The summed E-state index contributed by atoms with van der Waals surface area (Å²) in [6.45, 7) is 1.08. The van der Waals surface area contributed by atoms with Gasteiger partial charge < -0.3 is 9.47 Å². The van der Waals surface area contributed by atoms with Crippen molar-refractivity contribution in [1.82, 2.24) is 25.1 Å². The molecule has 9 heteroatoms. The highest BCUT2D eigenvalue weighted by Crippen LogP contribution is 2.33. The third-order valence-corrected chi connectivity index (χ3v) is 4.57. The summed E-state index contributed by atoms with van der Waals surface area (Å²) < 4.78 is 11.2. The number of aromatic amines is 1. The van der Waals surface area contributed by atoms with Gasteiger partial charge in [-0.2, -0.15) is 4.98 Å². The molecule has 8 nitrogen and oxygen atoms in total. The summed E-state index contributed by atoms with van der Waals surface area (Å²) in [6.07, 6.45) is 1.67. The van der Waals surface area contributed by atoms with Crippen LogP contribution in [0.1, 0.15) is 0 Å². The Hall–Kier alpha value is -3.65. The maximum absolute atomic E-state index is 5.95. The van der Waals surface area contributed by atoms with Gasteiger partial charge in [0.2, 0.25) is 11.9 Å². The Balaban J connectivity index is 1.36. The lowest BCUT2D eigenvalue weighted by molar-refractivity contribution is 0.171. The van der Waals surface area contributed by atoms with Gasteiger partial charge in [0.05, 0.1) is 5.69 Å². The molecule has 2 aromatic heterocycles. The predicted molar refractivity (Wildman–Crippen MR) is 109 cm³/mol. The second-order valence-corrected chi connectivity index (χ2v) is 6.70. The highest BCUT2D eigenvalue weighted by molar-refractivity contribution is 6.30. The van der Waals surface area contributed by atoms with Crippen LogP contribution in [0, 0.1) is 0 Å². The van der Waals surface area contributed by atoms with Gasteiger partial charge in [0.15, 0.2) is 17.3 Å². The summed E-state index contributed by atoms with van der Waals surface area (Å²) in [6, 6.07) is 14.9. The number of halogens is 1. The molecular formula is C20H15ClN6O2. The average Bonchev–Trinajstić information content (AvgIpc) is 3.22. The normalized spacial score (nSPS) is 12.6. The van der Waals surface area contributed by atoms with E-state index in [1.54, 1.807) is 6.20 Å². The number of nitrogens with one attached hydrogen (secondary N) is 2. The topological polar surface area (TPSA) is 97.8 Å². The molecule has 0 radical (unpaired) electrons. The van der Waals surface area contributed by atoms with E-state index in [2.05, 4.69) is 30.5 Å². The predicted octanol–water partition coefficient (Wildman–Crippen LogP) is 4.10. The SMILES string of the molecule is Clc1ccc(-c2ccnc(Nc3n[nH]c(-c4ccc5c(c4)OCCO5)n3)n2)cc1. The molecule has 2 aromatic carbocycles. The van der Waals surface area contributed by atoms with Crippen LogP contribution in [0.4, 0.5) is 11.9 Å². The maximum atomic E-state index is 5.95. The molecular weight excluding hydrogens is 392 g/mol.